The number of nitrogens with one attached hydrogen (secondary N) is 1. The predicted molar refractivity (Wildman–Crippen MR) is 68.2 cm³/mol. The third kappa shape index (κ3) is 6.30. The lowest BCUT2D eigenvalue weighted by Gasteiger charge is -2.32. The fraction of sp³-hybridized carbons (Fsp3) is 1.00. The van der Waals surface area contributed by atoms with E-state index in [0.29, 0.717) is 5.41 Å². The van der Waals surface area contributed by atoms with E-state index in [-0.39, 0.29) is 5.41 Å². The van der Waals surface area contributed by atoms with Crippen LogP contribution in [0.3, 0.4) is 0 Å². The van der Waals surface area contributed by atoms with Crippen LogP contribution >= 0.6 is 0 Å². The summed E-state index contributed by atoms with van der Waals surface area (Å²) in [6, 6.07) is 0. The van der Waals surface area contributed by atoms with Gasteiger partial charge in [0.15, 0.2) is 0 Å². The minimum Gasteiger partial charge on any atom is -0.358 e. The van der Waals surface area contributed by atoms with Gasteiger partial charge in [0.25, 0.3) is 0 Å². The molecule has 0 saturated carbocycles. The van der Waals surface area contributed by atoms with Gasteiger partial charge in [-0.15, -0.1) is 0 Å². The normalized spacial score (nSPS) is 13.4. The molecule has 0 rings (SSSR count). The Morgan fingerprint density at radius 3 is 2.07 bits per heavy atom. The Balaban J connectivity index is 4.00. The highest BCUT2D eigenvalue weighted by atomic mass is 28.1. The van der Waals surface area contributed by atoms with Gasteiger partial charge in [0.1, 0.15) is 5.41 Å². The van der Waals surface area contributed by atoms with Gasteiger partial charge in [-0.25, -0.2) is 0 Å². The van der Waals surface area contributed by atoms with Crippen molar-refractivity contribution in [3.8, 4) is 0 Å². The van der Waals surface area contributed by atoms with Crippen LogP contribution in [0.1, 0.15) is 33.6 Å². The summed E-state index contributed by atoms with van der Waals surface area (Å²) in [6.45, 7) is 8.78. The number of ether oxygens (including phenoxy) is 2. The van der Waals surface area contributed by atoms with Gasteiger partial charge in [0, 0.05) is 20.8 Å². The highest BCUT2D eigenvalue weighted by Crippen LogP contribution is 2.26. The number of hydrogen-bond acceptors (Lipinski definition) is 3. The topological polar surface area (TPSA) is 30.5 Å². The maximum absolute atomic E-state index is 5.41. The van der Waals surface area contributed by atoms with Gasteiger partial charge in [-0.3, -0.25) is 0 Å². The second-order valence-electron chi connectivity index (χ2n) is 4.99. The van der Waals surface area contributed by atoms with Crippen molar-refractivity contribution in [2.45, 2.75) is 39.0 Å². The first-order chi connectivity index (χ1) is 6.89. The minimum absolute atomic E-state index is 0.302. The Labute approximate surface area is 97.3 Å². The average molecular weight is 233 g/mol. The molecule has 0 amide bonds. The van der Waals surface area contributed by atoms with E-state index in [2.05, 4.69) is 26.1 Å². The molecule has 0 bridgehead atoms. The second kappa shape index (κ2) is 6.63. The lowest BCUT2D eigenvalue weighted by molar-refractivity contribution is -0.149. The molecule has 3 nitrogen and oxygen atoms in total. The van der Waals surface area contributed by atoms with Gasteiger partial charge in [-0.2, -0.15) is 0 Å². The first kappa shape index (κ1) is 15.1. The van der Waals surface area contributed by atoms with E-state index in [0.717, 1.165) is 36.2 Å². The van der Waals surface area contributed by atoms with Crippen molar-refractivity contribution in [2.75, 3.05) is 27.3 Å². The van der Waals surface area contributed by atoms with Crippen molar-refractivity contribution >= 4 is 10.2 Å². The Morgan fingerprint density at radius 2 is 1.67 bits per heavy atom. The Bertz CT molecular complexity index is 170. The highest BCUT2D eigenvalue weighted by molar-refractivity contribution is 6.13. The van der Waals surface area contributed by atoms with Crippen LogP contribution in [0.2, 0.25) is 0 Å². The first-order valence-corrected chi connectivity index (χ1v) is 6.70. The smallest absolute Gasteiger partial charge is 0.140 e. The van der Waals surface area contributed by atoms with E-state index < -0.39 is 0 Å². The van der Waals surface area contributed by atoms with Crippen molar-refractivity contribution in [1.29, 1.82) is 0 Å². The van der Waals surface area contributed by atoms with E-state index in [1.54, 1.807) is 14.2 Å². The highest BCUT2D eigenvalue weighted by Gasteiger charge is 2.26. The number of rotatable bonds is 8. The van der Waals surface area contributed by atoms with Crippen molar-refractivity contribution in [1.82, 2.24) is 5.32 Å². The van der Waals surface area contributed by atoms with Gasteiger partial charge >= 0.3 is 0 Å². The zero-order valence-corrected chi connectivity index (χ0v) is 13.1. The van der Waals surface area contributed by atoms with E-state index in [1.807, 2.05) is 0 Å². The molecular formula is C11H27NO2Si. The van der Waals surface area contributed by atoms with E-state index in [4.69, 9.17) is 9.47 Å². The second-order valence-corrected chi connectivity index (χ2v) is 6.51. The molecule has 0 aromatic rings. The van der Waals surface area contributed by atoms with Crippen LogP contribution in [0, 0.1) is 5.41 Å². The fourth-order valence-corrected chi connectivity index (χ4v) is 1.65. The SMILES string of the molecule is CCNCC(C)(C)CCC([SiH3])(OC)OC. The third-order valence-electron chi connectivity index (χ3n) is 2.97. The molecule has 0 saturated heterocycles. The van der Waals surface area contributed by atoms with Gasteiger partial charge in [-0.05, 0) is 24.8 Å². The van der Waals surface area contributed by atoms with Crippen LogP contribution in [0.25, 0.3) is 0 Å². The molecule has 0 heterocycles. The van der Waals surface area contributed by atoms with Gasteiger partial charge in [-0.1, -0.05) is 20.8 Å². The third-order valence-corrected chi connectivity index (χ3v) is 4.29. The van der Waals surface area contributed by atoms with Gasteiger partial charge in [0.2, 0.25) is 0 Å². The molecule has 4 heteroatoms. The van der Waals surface area contributed by atoms with Gasteiger partial charge in [0.05, 0.1) is 10.2 Å². The Hall–Kier alpha value is 0.0969. The van der Waals surface area contributed by atoms with Crippen LogP contribution < -0.4 is 5.32 Å². The molecule has 0 fully saturated rings. The van der Waals surface area contributed by atoms with Crippen molar-refractivity contribution in [2.24, 2.45) is 5.41 Å². The van der Waals surface area contributed by atoms with Crippen LogP contribution in [0.4, 0.5) is 0 Å². The van der Waals surface area contributed by atoms with Gasteiger partial charge < -0.3 is 14.8 Å². The van der Waals surface area contributed by atoms with E-state index in [9.17, 15) is 0 Å². The molecule has 0 aliphatic carbocycles. The summed E-state index contributed by atoms with van der Waals surface area (Å²) in [5.74, 6) is 0. The monoisotopic (exact) mass is 233 g/mol. The molecule has 0 atom stereocenters. The number of methoxy groups -OCH3 is 2. The molecule has 0 aromatic carbocycles. The zero-order valence-electron chi connectivity index (χ0n) is 11.1. The summed E-state index contributed by atoms with van der Waals surface area (Å²) < 4.78 is 10.8. The molecule has 0 radical (unpaired) electrons. The molecule has 1 N–H and O–H groups in total. The largest absolute Gasteiger partial charge is 0.358 e. The summed E-state index contributed by atoms with van der Waals surface area (Å²) in [4.78, 5) is 0. The minimum atomic E-state index is -0.302. The van der Waals surface area contributed by atoms with E-state index >= 15 is 0 Å². The van der Waals surface area contributed by atoms with Crippen LogP contribution in [-0.4, -0.2) is 43.0 Å². The summed E-state index contributed by atoms with van der Waals surface area (Å²) in [5.41, 5.74) is 0.00617. The molecule has 0 aliphatic heterocycles. The van der Waals surface area contributed by atoms with Crippen molar-refractivity contribution in [3.05, 3.63) is 0 Å². The van der Waals surface area contributed by atoms with Crippen LogP contribution in [0.15, 0.2) is 0 Å². The summed E-state index contributed by atoms with van der Waals surface area (Å²) in [7, 11) is 4.36. The maximum Gasteiger partial charge on any atom is 0.140 e. The first-order valence-electron chi connectivity index (χ1n) is 5.70. The lowest BCUT2D eigenvalue weighted by Crippen LogP contribution is -2.37. The predicted octanol–water partition coefficient (Wildman–Crippen LogP) is 0.714. The lowest BCUT2D eigenvalue weighted by atomic mass is 9.87. The molecular weight excluding hydrogens is 206 g/mol. The molecule has 0 spiro atoms. The average Bonchev–Trinajstić information content (AvgIpc) is 2.23. The van der Waals surface area contributed by atoms with Crippen molar-refractivity contribution in [3.63, 3.8) is 0 Å². The molecule has 15 heavy (non-hydrogen) atoms. The molecule has 92 valence electrons. The van der Waals surface area contributed by atoms with Crippen molar-refractivity contribution < 1.29 is 9.47 Å². The summed E-state index contributed by atoms with van der Waals surface area (Å²) in [5, 5.41) is 3.39. The zero-order chi connectivity index (χ0) is 11.9. The standard InChI is InChI=1S/C11H27NO2Si/c1-6-12-9-10(2,3)7-8-11(15,13-4)14-5/h12H,6-9H2,1-5,15H3. The summed E-state index contributed by atoms with van der Waals surface area (Å²) >= 11 is 0. The van der Waals surface area contributed by atoms with E-state index in [1.165, 1.54) is 0 Å². The molecule has 0 aliphatic rings. The van der Waals surface area contributed by atoms with Crippen LogP contribution in [-0.2, 0) is 9.47 Å². The fourth-order valence-electron chi connectivity index (χ4n) is 1.40. The summed E-state index contributed by atoms with van der Waals surface area (Å²) in [6.07, 6.45) is 2.09. The Kier molecular flexibility index (Phi) is 6.67. The van der Waals surface area contributed by atoms with Crippen LogP contribution in [0.5, 0.6) is 0 Å². The molecule has 0 unspecified atom stereocenters. The molecule has 0 aromatic heterocycles. The maximum atomic E-state index is 5.41. The Morgan fingerprint density at radius 1 is 1.13 bits per heavy atom. The number of hydrogen-bond donors (Lipinski definition) is 1. The quantitative estimate of drug-likeness (QED) is 0.495.